The number of aromatic nitrogens is 1. The number of hydrogen-bond donors (Lipinski definition) is 2. The van der Waals surface area contributed by atoms with E-state index in [4.69, 9.17) is 5.90 Å². The third-order valence-electron chi connectivity index (χ3n) is 2.24. The molecule has 0 atom stereocenters. The van der Waals surface area contributed by atoms with E-state index in [1.807, 2.05) is 18.3 Å². The Morgan fingerprint density at radius 3 is 3.07 bits per heavy atom. The van der Waals surface area contributed by atoms with E-state index < -0.39 is 0 Å². The number of nitrogens with two attached hydrogens (primary N) is 1. The molecular weight excluding hydrogens is 244 g/mol. The zero-order valence-electron chi connectivity index (χ0n) is 7.59. The van der Waals surface area contributed by atoms with Gasteiger partial charge in [0.2, 0.25) is 0 Å². The monoisotopic (exact) mass is 254 g/mol. The van der Waals surface area contributed by atoms with Crippen LogP contribution < -0.4 is 5.90 Å². The Bertz CT molecular complexity index is 439. The van der Waals surface area contributed by atoms with Gasteiger partial charge < -0.3 is 9.82 Å². The van der Waals surface area contributed by atoms with E-state index in [-0.39, 0.29) is 0 Å². The van der Waals surface area contributed by atoms with Crippen LogP contribution in [0.5, 0.6) is 0 Å². The van der Waals surface area contributed by atoms with Crippen molar-refractivity contribution in [3.63, 3.8) is 0 Å². The van der Waals surface area contributed by atoms with Crippen molar-refractivity contribution in [2.24, 2.45) is 5.90 Å². The van der Waals surface area contributed by atoms with Gasteiger partial charge in [-0.05, 0) is 34.0 Å². The Hall–Kier alpha value is -0.840. The van der Waals surface area contributed by atoms with E-state index in [1.54, 1.807) is 0 Å². The van der Waals surface area contributed by atoms with E-state index in [9.17, 15) is 0 Å². The average molecular weight is 255 g/mol. The van der Waals surface area contributed by atoms with Gasteiger partial charge in [-0.3, -0.25) is 0 Å². The zero-order valence-corrected chi connectivity index (χ0v) is 9.17. The molecule has 2 aromatic rings. The number of hydrogen-bond acceptors (Lipinski definition) is 2. The largest absolute Gasteiger partial charge is 0.360 e. The molecule has 0 saturated heterocycles. The summed E-state index contributed by atoms with van der Waals surface area (Å²) in [6.45, 7) is 0.541. The maximum atomic E-state index is 5.00. The van der Waals surface area contributed by atoms with Gasteiger partial charge in [-0.25, -0.2) is 5.90 Å². The van der Waals surface area contributed by atoms with Crippen molar-refractivity contribution in [1.29, 1.82) is 0 Å². The van der Waals surface area contributed by atoms with Gasteiger partial charge in [0, 0.05) is 16.1 Å². The van der Waals surface area contributed by atoms with Crippen molar-refractivity contribution in [3.8, 4) is 0 Å². The number of H-pyrrole nitrogens is 1. The van der Waals surface area contributed by atoms with E-state index in [1.165, 1.54) is 10.9 Å². The van der Waals surface area contributed by atoms with Crippen LogP contribution in [-0.2, 0) is 11.3 Å². The molecule has 2 rings (SSSR count). The van der Waals surface area contributed by atoms with Crippen LogP contribution in [0.3, 0.4) is 0 Å². The molecule has 0 radical (unpaired) electrons. The lowest BCUT2D eigenvalue weighted by Gasteiger charge is -1.98. The first-order chi connectivity index (χ1) is 6.83. The van der Waals surface area contributed by atoms with Crippen LogP contribution in [0.25, 0.3) is 10.9 Å². The summed E-state index contributed by atoms with van der Waals surface area (Å²) in [6.07, 6.45) is 2.82. The second-order valence-electron chi connectivity index (χ2n) is 3.10. The number of nitrogens with one attached hydrogen (secondary N) is 1. The second-order valence-corrected chi connectivity index (χ2v) is 3.95. The first-order valence-electron chi connectivity index (χ1n) is 4.39. The highest BCUT2D eigenvalue weighted by molar-refractivity contribution is 9.10. The molecule has 0 saturated carbocycles. The van der Waals surface area contributed by atoms with Crippen molar-refractivity contribution < 1.29 is 4.84 Å². The molecule has 0 fully saturated rings. The Balaban J connectivity index is 2.42. The number of halogens is 1. The fourth-order valence-electron chi connectivity index (χ4n) is 1.55. The molecule has 0 aliphatic carbocycles. The Morgan fingerprint density at radius 1 is 1.43 bits per heavy atom. The van der Waals surface area contributed by atoms with E-state index in [0.29, 0.717) is 6.61 Å². The van der Waals surface area contributed by atoms with Gasteiger partial charge in [-0.1, -0.05) is 12.1 Å². The molecule has 1 aromatic carbocycles. The van der Waals surface area contributed by atoms with Gasteiger partial charge >= 0.3 is 0 Å². The molecule has 3 N–H and O–H groups in total. The van der Waals surface area contributed by atoms with E-state index in [0.717, 1.165) is 16.4 Å². The summed E-state index contributed by atoms with van der Waals surface area (Å²) < 4.78 is 1.08. The molecule has 1 aromatic heterocycles. The van der Waals surface area contributed by atoms with Gasteiger partial charge in [0.25, 0.3) is 0 Å². The van der Waals surface area contributed by atoms with Crippen molar-refractivity contribution in [1.82, 2.24) is 4.98 Å². The van der Waals surface area contributed by atoms with Crippen LogP contribution >= 0.6 is 15.9 Å². The summed E-state index contributed by atoms with van der Waals surface area (Å²) in [5.74, 6) is 5.00. The zero-order chi connectivity index (χ0) is 9.97. The van der Waals surface area contributed by atoms with Gasteiger partial charge in [0.1, 0.15) is 0 Å². The van der Waals surface area contributed by atoms with Crippen LogP contribution in [0.2, 0.25) is 0 Å². The molecule has 0 aliphatic rings. The fourth-order valence-corrected chi connectivity index (χ4v) is 2.03. The Kier molecular flexibility index (Phi) is 2.86. The Labute approximate surface area is 90.3 Å². The minimum absolute atomic E-state index is 0.541. The average Bonchev–Trinajstić information content (AvgIpc) is 2.60. The first kappa shape index (κ1) is 9.71. The van der Waals surface area contributed by atoms with Crippen LogP contribution in [0.15, 0.2) is 28.9 Å². The fraction of sp³-hybridized carbons (Fsp3) is 0.200. The highest BCUT2D eigenvalue weighted by atomic mass is 79.9. The molecule has 74 valence electrons. The van der Waals surface area contributed by atoms with Crippen LogP contribution in [0.1, 0.15) is 5.56 Å². The lowest BCUT2D eigenvalue weighted by molar-refractivity contribution is 0.141. The summed E-state index contributed by atoms with van der Waals surface area (Å²) in [5.41, 5.74) is 2.35. The standard InChI is InChI=1S/C10H11BrN2O/c11-9-3-1-2-8-7(4-5-14-12)6-13-10(8)9/h1-3,6,13H,4-5,12H2. The maximum absolute atomic E-state index is 5.00. The quantitative estimate of drug-likeness (QED) is 0.827. The van der Waals surface area contributed by atoms with Crippen molar-refractivity contribution >= 4 is 26.8 Å². The molecule has 4 heteroatoms. The van der Waals surface area contributed by atoms with Gasteiger partial charge in [-0.15, -0.1) is 0 Å². The molecule has 14 heavy (non-hydrogen) atoms. The summed E-state index contributed by atoms with van der Waals surface area (Å²) >= 11 is 3.49. The molecular formula is C10H11BrN2O. The first-order valence-corrected chi connectivity index (χ1v) is 5.18. The molecule has 1 heterocycles. The minimum atomic E-state index is 0.541. The predicted octanol–water partition coefficient (Wildman–Crippen LogP) is 2.36. The van der Waals surface area contributed by atoms with Crippen molar-refractivity contribution in [3.05, 3.63) is 34.4 Å². The third-order valence-corrected chi connectivity index (χ3v) is 2.90. The second kappa shape index (κ2) is 4.13. The number of rotatable bonds is 3. The molecule has 3 nitrogen and oxygen atoms in total. The highest BCUT2D eigenvalue weighted by Gasteiger charge is 2.04. The topological polar surface area (TPSA) is 51.0 Å². The smallest absolute Gasteiger partial charge is 0.0720 e. The molecule has 0 spiro atoms. The van der Waals surface area contributed by atoms with E-state index >= 15 is 0 Å². The number of fused-ring (bicyclic) bond motifs is 1. The van der Waals surface area contributed by atoms with E-state index in [2.05, 4.69) is 31.8 Å². The highest BCUT2D eigenvalue weighted by Crippen LogP contribution is 2.25. The number of benzene rings is 1. The SMILES string of the molecule is NOCCc1c[nH]c2c(Br)cccc12. The Morgan fingerprint density at radius 2 is 2.29 bits per heavy atom. The molecule has 0 aliphatic heterocycles. The number of para-hydroxylation sites is 1. The third kappa shape index (κ3) is 1.68. The van der Waals surface area contributed by atoms with Gasteiger partial charge in [0.05, 0.1) is 12.1 Å². The van der Waals surface area contributed by atoms with Crippen molar-refractivity contribution in [2.75, 3.05) is 6.61 Å². The van der Waals surface area contributed by atoms with Crippen LogP contribution in [-0.4, -0.2) is 11.6 Å². The number of aromatic amines is 1. The molecule has 0 bridgehead atoms. The predicted molar refractivity (Wildman–Crippen MR) is 59.8 cm³/mol. The summed E-state index contributed by atoms with van der Waals surface area (Å²) in [7, 11) is 0. The van der Waals surface area contributed by atoms with Gasteiger partial charge in [-0.2, -0.15) is 0 Å². The summed E-state index contributed by atoms with van der Waals surface area (Å²) in [5, 5.41) is 1.22. The molecule has 0 amide bonds. The van der Waals surface area contributed by atoms with Crippen LogP contribution in [0.4, 0.5) is 0 Å². The maximum Gasteiger partial charge on any atom is 0.0720 e. The lowest BCUT2D eigenvalue weighted by atomic mass is 10.1. The summed E-state index contributed by atoms with van der Waals surface area (Å²) in [6, 6.07) is 6.12. The minimum Gasteiger partial charge on any atom is -0.360 e. The summed E-state index contributed by atoms with van der Waals surface area (Å²) in [4.78, 5) is 7.79. The normalized spacial score (nSPS) is 11.0. The van der Waals surface area contributed by atoms with Crippen LogP contribution in [0, 0.1) is 0 Å². The van der Waals surface area contributed by atoms with Gasteiger partial charge in [0.15, 0.2) is 0 Å². The van der Waals surface area contributed by atoms with Crippen molar-refractivity contribution in [2.45, 2.75) is 6.42 Å². The lowest BCUT2D eigenvalue weighted by Crippen LogP contribution is -2.03. The molecule has 0 unspecified atom stereocenters.